The molecular formula is C13H22N2O3. The minimum absolute atomic E-state index is 0.00995. The van der Waals surface area contributed by atoms with E-state index in [4.69, 9.17) is 5.11 Å². The lowest BCUT2D eigenvalue weighted by Crippen LogP contribution is -2.47. The molecular weight excluding hydrogens is 232 g/mol. The Bertz CT molecular complexity index is 363. The molecule has 102 valence electrons. The molecule has 18 heavy (non-hydrogen) atoms. The van der Waals surface area contributed by atoms with Gasteiger partial charge in [0.25, 0.3) is 0 Å². The van der Waals surface area contributed by atoms with Crippen LogP contribution in [0.5, 0.6) is 0 Å². The van der Waals surface area contributed by atoms with E-state index in [1.165, 1.54) is 19.3 Å². The normalized spacial score (nSPS) is 25.5. The number of hydrogen-bond donors (Lipinski definition) is 1. The number of carbonyl (C=O) groups is 2. The first kappa shape index (κ1) is 13.2. The maximum Gasteiger partial charge on any atom is 0.320 e. The van der Waals surface area contributed by atoms with E-state index < -0.39 is 11.5 Å². The zero-order valence-corrected chi connectivity index (χ0v) is 11.3. The van der Waals surface area contributed by atoms with Gasteiger partial charge in [-0.2, -0.15) is 0 Å². The molecule has 0 spiro atoms. The summed E-state index contributed by atoms with van der Waals surface area (Å²) in [5.41, 5.74) is -0.615. The number of urea groups is 1. The van der Waals surface area contributed by atoms with E-state index in [0.717, 1.165) is 0 Å². The summed E-state index contributed by atoms with van der Waals surface area (Å²) in [6.07, 6.45) is 3.62. The van der Waals surface area contributed by atoms with E-state index in [0.29, 0.717) is 12.5 Å². The number of carboxylic acids is 1. The Kier molecular flexibility index (Phi) is 3.25. The molecule has 1 heterocycles. The Morgan fingerprint density at radius 1 is 1.44 bits per heavy atom. The van der Waals surface area contributed by atoms with Gasteiger partial charge in [-0.25, -0.2) is 4.79 Å². The van der Waals surface area contributed by atoms with Gasteiger partial charge in [-0.3, -0.25) is 4.79 Å². The van der Waals surface area contributed by atoms with Crippen molar-refractivity contribution in [1.29, 1.82) is 0 Å². The van der Waals surface area contributed by atoms with Gasteiger partial charge in [-0.1, -0.05) is 6.42 Å². The van der Waals surface area contributed by atoms with E-state index >= 15 is 0 Å². The average Bonchev–Trinajstić information content (AvgIpc) is 2.42. The Hall–Kier alpha value is -1.26. The molecule has 0 radical (unpaired) electrons. The Morgan fingerprint density at radius 2 is 2.06 bits per heavy atom. The number of carboxylic acid groups (broad SMARTS) is 1. The maximum atomic E-state index is 12.2. The summed E-state index contributed by atoms with van der Waals surface area (Å²) in [4.78, 5) is 26.7. The SMILES string of the molecule is CN1C(=O)N(C(C)(C)CC(=O)O)CC1C1CCC1. The van der Waals surface area contributed by atoms with Crippen LogP contribution in [0.2, 0.25) is 0 Å². The number of amides is 2. The number of rotatable bonds is 4. The molecule has 1 saturated carbocycles. The van der Waals surface area contributed by atoms with Crippen molar-refractivity contribution in [3.05, 3.63) is 0 Å². The summed E-state index contributed by atoms with van der Waals surface area (Å²) in [5, 5.41) is 8.94. The number of nitrogens with zero attached hydrogens (tertiary/aromatic N) is 2. The molecule has 2 aliphatic rings. The van der Waals surface area contributed by atoms with Crippen molar-refractivity contribution in [2.45, 2.75) is 51.1 Å². The van der Waals surface area contributed by atoms with E-state index in [2.05, 4.69) is 0 Å². The number of aliphatic carboxylic acids is 1. The second kappa shape index (κ2) is 4.44. The van der Waals surface area contributed by atoms with Crippen molar-refractivity contribution >= 4 is 12.0 Å². The molecule has 2 fully saturated rings. The third-order valence-corrected chi connectivity index (χ3v) is 4.41. The Morgan fingerprint density at radius 3 is 2.50 bits per heavy atom. The van der Waals surface area contributed by atoms with Gasteiger partial charge >= 0.3 is 12.0 Å². The smallest absolute Gasteiger partial charge is 0.320 e. The lowest BCUT2D eigenvalue weighted by Gasteiger charge is -2.35. The first-order valence-corrected chi connectivity index (χ1v) is 6.59. The molecule has 1 N–H and O–H groups in total. The van der Waals surface area contributed by atoms with Crippen LogP contribution < -0.4 is 0 Å². The topological polar surface area (TPSA) is 60.9 Å². The van der Waals surface area contributed by atoms with E-state index in [-0.39, 0.29) is 18.5 Å². The van der Waals surface area contributed by atoms with Crippen LogP contribution in [0.3, 0.4) is 0 Å². The molecule has 0 aromatic carbocycles. The monoisotopic (exact) mass is 254 g/mol. The first-order valence-electron chi connectivity index (χ1n) is 6.59. The van der Waals surface area contributed by atoms with Crippen LogP contribution in [0.15, 0.2) is 0 Å². The maximum absolute atomic E-state index is 12.2. The molecule has 1 saturated heterocycles. The highest BCUT2D eigenvalue weighted by Gasteiger charge is 2.46. The third-order valence-electron chi connectivity index (χ3n) is 4.41. The highest BCUT2D eigenvalue weighted by atomic mass is 16.4. The predicted molar refractivity (Wildman–Crippen MR) is 67.3 cm³/mol. The van der Waals surface area contributed by atoms with E-state index in [9.17, 15) is 9.59 Å². The van der Waals surface area contributed by atoms with Crippen molar-refractivity contribution in [1.82, 2.24) is 9.80 Å². The standard InChI is InChI=1S/C13H22N2O3/c1-13(2,7-11(16)17)15-8-10(9-5-4-6-9)14(3)12(15)18/h9-10H,4-8H2,1-3H3,(H,16,17). The zero-order valence-electron chi connectivity index (χ0n) is 11.3. The quantitative estimate of drug-likeness (QED) is 0.831. The van der Waals surface area contributed by atoms with Crippen LogP contribution in [0.25, 0.3) is 0 Å². The van der Waals surface area contributed by atoms with Crippen LogP contribution in [0.4, 0.5) is 4.79 Å². The Balaban J connectivity index is 2.10. The molecule has 1 unspecified atom stereocenters. The fourth-order valence-corrected chi connectivity index (χ4v) is 2.98. The van der Waals surface area contributed by atoms with Gasteiger partial charge in [-0.15, -0.1) is 0 Å². The van der Waals surface area contributed by atoms with Crippen LogP contribution >= 0.6 is 0 Å². The van der Waals surface area contributed by atoms with Crippen molar-refractivity contribution < 1.29 is 14.7 Å². The predicted octanol–water partition coefficient (Wildman–Crippen LogP) is 1.78. The van der Waals surface area contributed by atoms with Crippen LogP contribution in [-0.2, 0) is 4.79 Å². The second-order valence-corrected chi connectivity index (χ2v) is 6.15. The Labute approximate surface area is 108 Å². The lowest BCUT2D eigenvalue weighted by atomic mass is 9.79. The van der Waals surface area contributed by atoms with Gasteiger partial charge in [0.1, 0.15) is 0 Å². The second-order valence-electron chi connectivity index (χ2n) is 6.15. The molecule has 2 rings (SSSR count). The van der Waals surface area contributed by atoms with Crippen LogP contribution in [-0.4, -0.2) is 52.1 Å². The van der Waals surface area contributed by atoms with E-state index in [1.807, 2.05) is 20.9 Å². The molecule has 5 nitrogen and oxygen atoms in total. The van der Waals surface area contributed by atoms with Crippen LogP contribution in [0.1, 0.15) is 39.5 Å². The minimum Gasteiger partial charge on any atom is -0.481 e. The minimum atomic E-state index is -0.859. The van der Waals surface area contributed by atoms with Gasteiger partial charge in [0.15, 0.2) is 0 Å². The fourth-order valence-electron chi connectivity index (χ4n) is 2.98. The van der Waals surface area contributed by atoms with E-state index in [1.54, 1.807) is 9.80 Å². The highest BCUT2D eigenvalue weighted by molar-refractivity contribution is 5.79. The van der Waals surface area contributed by atoms with Gasteiger partial charge in [0.05, 0.1) is 12.5 Å². The van der Waals surface area contributed by atoms with Gasteiger partial charge in [-0.05, 0) is 32.6 Å². The van der Waals surface area contributed by atoms with Gasteiger partial charge in [0.2, 0.25) is 0 Å². The summed E-state index contributed by atoms with van der Waals surface area (Å²) in [6, 6.07) is 0.234. The molecule has 1 aliphatic heterocycles. The molecule has 0 bridgehead atoms. The molecule has 5 heteroatoms. The average molecular weight is 254 g/mol. The summed E-state index contributed by atoms with van der Waals surface area (Å²) in [7, 11) is 1.84. The van der Waals surface area contributed by atoms with Gasteiger partial charge in [0, 0.05) is 19.1 Å². The van der Waals surface area contributed by atoms with Crippen molar-refractivity contribution in [3.63, 3.8) is 0 Å². The molecule has 0 aromatic heterocycles. The summed E-state index contributed by atoms with van der Waals surface area (Å²) >= 11 is 0. The number of carbonyl (C=O) groups excluding carboxylic acids is 1. The lowest BCUT2D eigenvalue weighted by molar-refractivity contribution is -0.139. The van der Waals surface area contributed by atoms with Crippen molar-refractivity contribution in [2.24, 2.45) is 5.92 Å². The van der Waals surface area contributed by atoms with Gasteiger partial charge < -0.3 is 14.9 Å². The van der Waals surface area contributed by atoms with Crippen molar-refractivity contribution in [2.75, 3.05) is 13.6 Å². The number of hydrogen-bond acceptors (Lipinski definition) is 2. The molecule has 1 atom stereocenters. The summed E-state index contributed by atoms with van der Waals surface area (Å²) < 4.78 is 0. The molecule has 0 aromatic rings. The number of likely N-dealkylation sites (N-methyl/N-ethyl adjacent to an activating group) is 1. The van der Waals surface area contributed by atoms with Crippen LogP contribution in [0, 0.1) is 5.92 Å². The summed E-state index contributed by atoms with van der Waals surface area (Å²) in [5.74, 6) is -0.257. The highest BCUT2D eigenvalue weighted by Crippen LogP contribution is 2.37. The largest absolute Gasteiger partial charge is 0.481 e. The fraction of sp³-hybridized carbons (Fsp3) is 0.846. The molecule has 1 aliphatic carbocycles. The third kappa shape index (κ3) is 2.18. The zero-order chi connectivity index (χ0) is 13.5. The first-order chi connectivity index (χ1) is 8.33. The molecule has 2 amide bonds. The van der Waals surface area contributed by atoms with Crippen molar-refractivity contribution in [3.8, 4) is 0 Å². The summed E-state index contributed by atoms with van der Waals surface area (Å²) in [6.45, 7) is 4.33.